The van der Waals surface area contributed by atoms with Gasteiger partial charge in [0, 0.05) is 29.1 Å². The maximum Gasteiger partial charge on any atom is 0.221 e. The van der Waals surface area contributed by atoms with Crippen LogP contribution in [0.2, 0.25) is 0 Å². The van der Waals surface area contributed by atoms with E-state index >= 15 is 0 Å². The lowest BCUT2D eigenvalue weighted by atomic mass is 10.2. The quantitative estimate of drug-likeness (QED) is 0.704. The Balaban J connectivity index is 0.000000159. The van der Waals surface area contributed by atoms with Gasteiger partial charge in [0.05, 0.1) is 9.79 Å². The number of fused-ring (bicyclic) bond motifs is 2. The van der Waals surface area contributed by atoms with E-state index < -0.39 is 19.7 Å². The third kappa shape index (κ3) is 3.93. The lowest BCUT2D eigenvalue weighted by Crippen LogP contribution is -2.06. The monoisotopic (exact) mass is 404 g/mol. The number of rotatable bonds is 1. The van der Waals surface area contributed by atoms with Crippen LogP contribution in [0.1, 0.15) is 18.1 Å². The first kappa shape index (κ1) is 18.9. The molecule has 2 aromatic carbocycles. The number of benzene rings is 2. The van der Waals surface area contributed by atoms with Crippen molar-refractivity contribution in [1.29, 1.82) is 0 Å². The fraction of sp³-hybridized carbons (Fsp3) is 0.0556. The Morgan fingerprint density at radius 1 is 0.852 bits per heavy atom. The number of carbonyl (C=O) groups is 1. The van der Waals surface area contributed by atoms with Crippen molar-refractivity contribution < 1.29 is 21.6 Å². The molecule has 1 amide bonds. The fourth-order valence-corrected chi connectivity index (χ4v) is 5.07. The third-order valence-electron chi connectivity index (χ3n) is 3.84. The van der Waals surface area contributed by atoms with Crippen molar-refractivity contribution in [1.82, 2.24) is 0 Å². The summed E-state index contributed by atoms with van der Waals surface area (Å²) in [6.45, 7) is 1.37. The van der Waals surface area contributed by atoms with Crippen LogP contribution in [0.4, 0.5) is 11.4 Å². The maximum absolute atomic E-state index is 11.5. The molecule has 0 spiro atoms. The average Bonchev–Trinajstić information content (AvgIpc) is 3.04. The van der Waals surface area contributed by atoms with Gasteiger partial charge in [-0.2, -0.15) is 0 Å². The van der Waals surface area contributed by atoms with Gasteiger partial charge in [-0.3, -0.25) is 4.79 Å². The van der Waals surface area contributed by atoms with Crippen LogP contribution in [0, 0.1) is 0 Å². The molecule has 4 rings (SSSR count). The molecule has 2 aliphatic rings. The summed E-state index contributed by atoms with van der Waals surface area (Å²) in [6, 6.07) is 9.67. The smallest absolute Gasteiger partial charge is 0.221 e. The Hall–Kier alpha value is -2.91. The molecule has 7 nitrogen and oxygen atoms in total. The molecule has 0 atom stereocenters. The normalized spacial score (nSPS) is 16.8. The van der Waals surface area contributed by atoms with E-state index in [0.717, 1.165) is 5.41 Å². The van der Waals surface area contributed by atoms with Gasteiger partial charge in [0.1, 0.15) is 0 Å². The number of sulfone groups is 2. The van der Waals surface area contributed by atoms with Crippen LogP contribution in [0.15, 0.2) is 57.0 Å². The second-order valence-corrected chi connectivity index (χ2v) is 9.53. The summed E-state index contributed by atoms with van der Waals surface area (Å²) in [6.07, 6.45) is 3.12. The van der Waals surface area contributed by atoms with Crippen LogP contribution in [0.5, 0.6) is 0 Å². The minimum atomic E-state index is -3.30. The Morgan fingerprint density at radius 2 is 1.37 bits per heavy atom. The van der Waals surface area contributed by atoms with E-state index in [0.29, 0.717) is 27.4 Å². The van der Waals surface area contributed by atoms with Gasteiger partial charge in [-0.1, -0.05) is 12.1 Å². The van der Waals surface area contributed by atoms with Gasteiger partial charge in [0.2, 0.25) is 25.6 Å². The zero-order valence-electron chi connectivity index (χ0n) is 14.2. The number of nitrogen functional groups attached to an aromatic ring is 1. The molecule has 0 aliphatic carbocycles. The second kappa shape index (κ2) is 6.67. The van der Waals surface area contributed by atoms with Crippen molar-refractivity contribution in [3.8, 4) is 0 Å². The largest absolute Gasteiger partial charge is 0.399 e. The number of amides is 1. The molecule has 2 heterocycles. The van der Waals surface area contributed by atoms with Crippen LogP contribution < -0.4 is 11.1 Å². The lowest BCUT2D eigenvalue weighted by Gasteiger charge is -2.04. The predicted molar refractivity (Wildman–Crippen MR) is 104 cm³/mol. The Bertz CT molecular complexity index is 1210. The van der Waals surface area contributed by atoms with Crippen molar-refractivity contribution in [3.05, 3.63) is 58.3 Å². The van der Waals surface area contributed by atoms with Gasteiger partial charge in [-0.25, -0.2) is 16.8 Å². The molecule has 0 unspecified atom stereocenters. The highest BCUT2D eigenvalue weighted by molar-refractivity contribution is 7.95. The molecular formula is C18H16N2O5S2. The predicted octanol–water partition coefficient (Wildman–Crippen LogP) is 2.43. The molecule has 9 heteroatoms. The Morgan fingerprint density at radius 3 is 1.93 bits per heavy atom. The number of nitrogens with two attached hydrogens (primary N) is 1. The summed E-state index contributed by atoms with van der Waals surface area (Å²) in [5.41, 5.74) is 7.80. The minimum Gasteiger partial charge on any atom is -0.399 e. The van der Waals surface area contributed by atoms with Gasteiger partial charge >= 0.3 is 0 Å². The van der Waals surface area contributed by atoms with E-state index in [1.54, 1.807) is 36.4 Å². The van der Waals surface area contributed by atoms with Gasteiger partial charge in [-0.05, 0) is 47.5 Å². The van der Waals surface area contributed by atoms with Gasteiger partial charge < -0.3 is 11.1 Å². The summed E-state index contributed by atoms with van der Waals surface area (Å²) in [7, 11) is -6.48. The van der Waals surface area contributed by atoms with Crippen LogP contribution in [-0.4, -0.2) is 22.7 Å². The number of anilines is 2. The van der Waals surface area contributed by atoms with Crippen molar-refractivity contribution in [2.75, 3.05) is 11.1 Å². The molecule has 3 N–H and O–H groups in total. The zero-order valence-corrected chi connectivity index (χ0v) is 15.8. The van der Waals surface area contributed by atoms with Crippen LogP contribution in [-0.2, 0) is 24.5 Å². The zero-order chi connectivity index (χ0) is 19.8. The first-order valence-corrected chi connectivity index (χ1v) is 10.9. The number of hydrogen-bond acceptors (Lipinski definition) is 6. The maximum atomic E-state index is 11.5. The van der Waals surface area contributed by atoms with E-state index in [-0.39, 0.29) is 10.8 Å². The molecule has 0 fully saturated rings. The van der Waals surface area contributed by atoms with Gasteiger partial charge in [-0.15, -0.1) is 0 Å². The molecule has 2 aromatic rings. The topological polar surface area (TPSA) is 123 Å². The van der Waals surface area contributed by atoms with Crippen molar-refractivity contribution >= 4 is 49.1 Å². The molecular weight excluding hydrogens is 388 g/mol. The van der Waals surface area contributed by atoms with Crippen molar-refractivity contribution in [3.63, 3.8) is 0 Å². The van der Waals surface area contributed by atoms with Crippen molar-refractivity contribution in [2.45, 2.75) is 16.7 Å². The number of nitrogens with one attached hydrogen (secondary N) is 1. The molecule has 0 radical (unpaired) electrons. The van der Waals surface area contributed by atoms with Crippen LogP contribution in [0.25, 0.3) is 12.2 Å². The van der Waals surface area contributed by atoms with Crippen LogP contribution in [0.3, 0.4) is 0 Å². The number of carbonyl (C=O) groups excluding carboxylic acids is 1. The first-order chi connectivity index (χ1) is 12.6. The second-order valence-electron chi connectivity index (χ2n) is 5.93. The number of hydrogen-bond donors (Lipinski definition) is 2. The first-order valence-electron chi connectivity index (χ1n) is 7.76. The fourth-order valence-electron chi connectivity index (χ4n) is 2.61. The minimum absolute atomic E-state index is 0.224. The van der Waals surface area contributed by atoms with E-state index in [2.05, 4.69) is 5.32 Å². The van der Waals surface area contributed by atoms with E-state index in [1.807, 2.05) is 0 Å². The molecule has 0 saturated heterocycles. The molecule has 0 bridgehead atoms. The van der Waals surface area contributed by atoms with Gasteiger partial charge in [0.15, 0.2) is 0 Å². The molecule has 0 aromatic heterocycles. The van der Waals surface area contributed by atoms with E-state index in [9.17, 15) is 21.6 Å². The molecule has 2 aliphatic heterocycles. The molecule has 27 heavy (non-hydrogen) atoms. The van der Waals surface area contributed by atoms with E-state index in [4.69, 9.17) is 5.73 Å². The van der Waals surface area contributed by atoms with Crippen molar-refractivity contribution in [2.24, 2.45) is 0 Å². The highest BCUT2D eigenvalue weighted by atomic mass is 32.2. The summed E-state index contributed by atoms with van der Waals surface area (Å²) in [5.74, 6) is -0.224. The van der Waals surface area contributed by atoms with E-state index in [1.165, 1.54) is 24.5 Å². The lowest BCUT2D eigenvalue weighted by molar-refractivity contribution is -0.114. The van der Waals surface area contributed by atoms with Gasteiger partial charge in [0.25, 0.3) is 0 Å². The van der Waals surface area contributed by atoms with Crippen LogP contribution >= 0.6 is 0 Å². The Kier molecular flexibility index (Phi) is 4.66. The summed E-state index contributed by atoms with van der Waals surface area (Å²) < 4.78 is 45.5. The average molecular weight is 404 g/mol. The SMILES string of the molecule is CC(=O)Nc1ccc2c(c1)S(=O)(=O)C=C2.Nc1ccc2c(c1)S(=O)(=O)C=C2. The standard InChI is InChI=1S/C10H9NO3S.C8H7NO2S/c1-7(12)11-9-3-2-8-4-5-15(13,14)10(8)6-9;9-7-2-1-6-3-4-12(10,11)8(6)5-7/h2-6H,1H3,(H,11,12);1-5H,9H2. The summed E-state index contributed by atoms with van der Waals surface area (Å²) in [4.78, 5) is 11.4. The highest BCUT2D eigenvalue weighted by Crippen LogP contribution is 2.29. The molecule has 0 saturated carbocycles. The third-order valence-corrected chi connectivity index (χ3v) is 6.76. The summed E-state index contributed by atoms with van der Waals surface area (Å²) >= 11 is 0. The molecule has 140 valence electrons. The highest BCUT2D eigenvalue weighted by Gasteiger charge is 2.21. The summed E-state index contributed by atoms with van der Waals surface area (Å²) in [5, 5.41) is 4.89. The Labute approximate surface area is 157 Å².